The summed E-state index contributed by atoms with van der Waals surface area (Å²) in [6.07, 6.45) is 5.20. The van der Waals surface area contributed by atoms with Gasteiger partial charge in [-0.15, -0.1) is 0 Å². The number of aliphatic imine (C=N–C) groups is 1. The number of benzene rings is 1. The van der Waals surface area contributed by atoms with Crippen molar-refractivity contribution in [1.82, 2.24) is 0 Å². The maximum absolute atomic E-state index is 10.5. The summed E-state index contributed by atoms with van der Waals surface area (Å²) in [4.78, 5) is 14.8. The molecule has 0 bridgehead atoms. The lowest BCUT2D eigenvalue weighted by Crippen LogP contribution is -2.07. The Morgan fingerprint density at radius 1 is 1.20 bits per heavy atom. The average Bonchev–Trinajstić information content (AvgIpc) is 2.31. The van der Waals surface area contributed by atoms with Gasteiger partial charge in [0.05, 0.1) is 0 Å². The second kappa shape index (κ2) is 4.69. The molecule has 2 rings (SSSR count). The maximum Gasteiger partial charge on any atom is 0.147 e. The monoisotopic (exact) mass is 199 g/mol. The molecule has 1 aromatic carbocycles. The van der Waals surface area contributed by atoms with Crippen LogP contribution in [-0.2, 0) is 11.2 Å². The van der Waals surface area contributed by atoms with E-state index in [0.29, 0.717) is 0 Å². The molecule has 0 saturated carbocycles. The van der Waals surface area contributed by atoms with Crippen molar-refractivity contribution in [2.45, 2.75) is 19.3 Å². The normalized spacial score (nSPS) is 15.5. The third-order valence-corrected chi connectivity index (χ3v) is 2.52. The summed E-state index contributed by atoms with van der Waals surface area (Å²) in [7, 11) is 0. The molecule has 1 heterocycles. The SMILES string of the molecule is O=CC1=CN=C(Cc2ccccc2)CC1. The van der Waals surface area contributed by atoms with Crippen molar-refractivity contribution >= 4 is 12.0 Å². The molecule has 0 amide bonds. The van der Waals surface area contributed by atoms with E-state index in [1.54, 1.807) is 6.20 Å². The van der Waals surface area contributed by atoms with Gasteiger partial charge < -0.3 is 0 Å². The Kier molecular flexibility index (Phi) is 3.08. The molecule has 0 fully saturated rings. The summed E-state index contributed by atoms with van der Waals surface area (Å²) < 4.78 is 0. The quantitative estimate of drug-likeness (QED) is 0.688. The molecule has 0 unspecified atom stereocenters. The van der Waals surface area contributed by atoms with E-state index in [1.165, 1.54) is 5.56 Å². The van der Waals surface area contributed by atoms with Gasteiger partial charge in [-0.05, 0) is 18.4 Å². The van der Waals surface area contributed by atoms with Gasteiger partial charge in [-0.25, -0.2) is 0 Å². The number of rotatable bonds is 3. The van der Waals surface area contributed by atoms with Crippen LogP contribution in [0.2, 0.25) is 0 Å². The smallest absolute Gasteiger partial charge is 0.147 e. The summed E-state index contributed by atoms with van der Waals surface area (Å²) in [6, 6.07) is 10.3. The molecular weight excluding hydrogens is 186 g/mol. The summed E-state index contributed by atoms with van der Waals surface area (Å²) >= 11 is 0. The molecule has 2 nitrogen and oxygen atoms in total. The molecular formula is C13H13NO. The minimum absolute atomic E-state index is 0.798. The second-order valence-electron chi connectivity index (χ2n) is 3.68. The molecule has 1 aromatic rings. The van der Waals surface area contributed by atoms with Crippen molar-refractivity contribution in [3.05, 3.63) is 47.7 Å². The van der Waals surface area contributed by atoms with Crippen molar-refractivity contribution in [3.63, 3.8) is 0 Å². The highest BCUT2D eigenvalue weighted by molar-refractivity contribution is 5.90. The molecule has 0 spiro atoms. The number of hydrogen-bond acceptors (Lipinski definition) is 2. The molecule has 0 saturated heterocycles. The van der Waals surface area contributed by atoms with Gasteiger partial charge in [0.25, 0.3) is 0 Å². The third kappa shape index (κ3) is 2.62. The molecule has 0 radical (unpaired) electrons. The Labute approximate surface area is 89.3 Å². The first-order chi connectivity index (χ1) is 7.38. The van der Waals surface area contributed by atoms with Crippen LogP contribution in [0.25, 0.3) is 0 Å². The van der Waals surface area contributed by atoms with Crippen molar-refractivity contribution in [2.75, 3.05) is 0 Å². The molecule has 2 heteroatoms. The maximum atomic E-state index is 10.5. The number of aldehydes is 1. The van der Waals surface area contributed by atoms with E-state index in [4.69, 9.17) is 0 Å². The molecule has 0 atom stereocenters. The summed E-state index contributed by atoms with van der Waals surface area (Å²) in [5.41, 5.74) is 3.23. The first kappa shape index (κ1) is 9.84. The Balaban J connectivity index is 2.06. The highest BCUT2D eigenvalue weighted by Crippen LogP contribution is 2.13. The Hall–Kier alpha value is -1.70. The van der Waals surface area contributed by atoms with E-state index in [9.17, 15) is 4.79 Å². The lowest BCUT2D eigenvalue weighted by Gasteiger charge is -2.09. The Morgan fingerprint density at radius 2 is 2.00 bits per heavy atom. The average molecular weight is 199 g/mol. The van der Waals surface area contributed by atoms with Crippen LogP contribution in [0.4, 0.5) is 0 Å². The Bertz CT molecular complexity index is 404. The Morgan fingerprint density at radius 3 is 2.60 bits per heavy atom. The lowest BCUT2D eigenvalue weighted by molar-refractivity contribution is -0.105. The second-order valence-corrected chi connectivity index (χ2v) is 3.68. The fraction of sp³-hybridized carbons (Fsp3) is 0.231. The lowest BCUT2D eigenvalue weighted by atomic mass is 10.0. The van der Waals surface area contributed by atoms with Gasteiger partial charge in [0, 0.05) is 23.9 Å². The zero-order valence-electron chi connectivity index (χ0n) is 8.52. The van der Waals surface area contributed by atoms with Crippen molar-refractivity contribution < 1.29 is 4.79 Å². The molecule has 0 aliphatic carbocycles. The van der Waals surface area contributed by atoms with Crippen molar-refractivity contribution in [2.24, 2.45) is 4.99 Å². The summed E-state index contributed by atoms with van der Waals surface area (Å²) in [5, 5.41) is 0. The van der Waals surface area contributed by atoms with Gasteiger partial charge in [0.15, 0.2) is 0 Å². The highest BCUT2D eigenvalue weighted by Gasteiger charge is 2.07. The van der Waals surface area contributed by atoms with Crippen LogP contribution in [0.1, 0.15) is 18.4 Å². The molecule has 76 valence electrons. The highest BCUT2D eigenvalue weighted by atomic mass is 16.1. The van der Waals surface area contributed by atoms with E-state index in [-0.39, 0.29) is 0 Å². The van der Waals surface area contributed by atoms with Gasteiger partial charge in [0.2, 0.25) is 0 Å². The van der Waals surface area contributed by atoms with E-state index >= 15 is 0 Å². The number of carbonyl (C=O) groups excluding carboxylic acids is 1. The number of hydrogen-bond donors (Lipinski definition) is 0. The van der Waals surface area contributed by atoms with Gasteiger partial charge in [-0.2, -0.15) is 0 Å². The zero-order chi connectivity index (χ0) is 10.5. The first-order valence-corrected chi connectivity index (χ1v) is 5.12. The topological polar surface area (TPSA) is 29.4 Å². The summed E-state index contributed by atoms with van der Waals surface area (Å²) in [5.74, 6) is 0. The molecule has 15 heavy (non-hydrogen) atoms. The van der Waals surface area contributed by atoms with E-state index in [0.717, 1.165) is 36.8 Å². The van der Waals surface area contributed by atoms with Gasteiger partial charge in [-0.3, -0.25) is 9.79 Å². The van der Waals surface area contributed by atoms with Crippen LogP contribution >= 0.6 is 0 Å². The molecule has 0 aromatic heterocycles. The third-order valence-electron chi connectivity index (χ3n) is 2.52. The minimum atomic E-state index is 0.798. The predicted octanol–water partition coefficient (Wildman–Crippen LogP) is 2.55. The van der Waals surface area contributed by atoms with Crippen LogP contribution in [-0.4, -0.2) is 12.0 Å². The number of carbonyl (C=O) groups is 1. The fourth-order valence-electron chi connectivity index (χ4n) is 1.65. The van der Waals surface area contributed by atoms with Crippen LogP contribution in [0.5, 0.6) is 0 Å². The number of nitrogens with zero attached hydrogens (tertiary/aromatic N) is 1. The predicted molar refractivity (Wildman–Crippen MR) is 61.0 cm³/mol. The molecule has 0 N–H and O–H groups in total. The van der Waals surface area contributed by atoms with E-state index in [1.807, 2.05) is 18.2 Å². The minimum Gasteiger partial charge on any atom is -0.298 e. The molecule has 1 aliphatic rings. The fourth-order valence-corrected chi connectivity index (χ4v) is 1.65. The molecule has 1 aliphatic heterocycles. The van der Waals surface area contributed by atoms with E-state index < -0.39 is 0 Å². The van der Waals surface area contributed by atoms with Crippen LogP contribution in [0, 0.1) is 0 Å². The van der Waals surface area contributed by atoms with Crippen LogP contribution in [0.15, 0.2) is 47.1 Å². The van der Waals surface area contributed by atoms with Crippen molar-refractivity contribution in [1.29, 1.82) is 0 Å². The van der Waals surface area contributed by atoms with Gasteiger partial charge in [0.1, 0.15) is 6.29 Å². The standard InChI is InChI=1S/C13H13NO/c15-10-12-6-7-13(14-9-12)8-11-4-2-1-3-5-11/h1-5,9-10H,6-8H2. The van der Waals surface area contributed by atoms with E-state index in [2.05, 4.69) is 17.1 Å². The number of allylic oxidation sites excluding steroid dienone is 1. The van der Waals surface area contributed by atoms with Crippen molar-refractivity contribution in [3.8, 4) is 0 Å². The largest absolute Gasteiger partial charge is 0.298 e. The van der Waals surface area contributed by atoms with Gasteiger partial charge >= 0.3 is 0 Å². The first-order valence-electron chi connectivity index (χ1n) is 5.12. The summed E-state index contributed by atoms with van der Waals surface area (Å²) in [6.45, 7) is 0. The zero-order valence-corrected chi connectivity index (χ0v) is 8.52. The van der Waals surface area contributed by atoms with Crippen LogP contribution in [0.3, 0.4) is 0 Å². The van der Waals surface area contributed by atoms with Crippen LogP contribution < -0.4 is 0 Å². The van der Waals surface area contributed by atoms with Gasteiger partial charge in [-0.1, -0.05) is 30.3 Å².